The van der Waals surface area contributed by atoms with Gasteiger partial charge in [0.25, 0.3) is 5.91 Å². The van der Waals surface area contributed by atoms with E-state index in [4.69, 9.17) is 0 Å². The Balaban J connectivity index is 2.02. The molecule has 0 unspecified atom stereocenters. The summed E-state index contributed by atoms with van der Waals surface area (Å²) in [5.41, 5.74) is -0.438. The fourth-order valence-electron chi connectivity index (χ4n) is 2.03. The molecule has 0 atom stereocenters. The third-order valence-electron chi connectivity index (χ3n) is 3.22. The van der Waals surface area contributed by atoms with E-state index in [1.165, 1.54) is 36.2 Å². The molecule has 0 aliphatic carbocycles. The molecule has 0 bridgehead atoms. The summed E-state index contributed by atoms with van der Waals surface area (Å²) in [7, 11) is 1.46. The molecule has 0 spiro atoms. The number of aromatic nitrogens is 1. The van der Waals surface area contributed by atoms with Gasteiger partial charge >= 0.3 is 12.8 Å². The summed E-state index contributed by atoms with van der Waals surface area (Å²) in [6.45, 7) is -2.79. The highest BCUT2D eigenvalue weighted by Gasteiger charge is 2.32. The second kappa shape index (κ2) is 7.45. The number of amides is 1. The second-order valence-corrected chi connectivity index (χ2v) is 5.11. The van der Waals surface area contributed by atoms with E-state index >= 15 is 0 Å². The first kappa shape index (κ1) is 18.6. The molecule has 1 heterocycles. The highest BCUT2D eigenvalue weighted by atomic mass is 19.4. The normalized spacial score (nSPS) is 11.5. The standard InChI is InChI=1S/C16H13F5N2O2/c1-23(9-10-2-5-12(6-3-10)25-15(17)18)14(24)11-4-7-13(22-8-11)16(19,20)21/h2-8,15H,9H2,1H3. The first-order valence-electron chi connectivity index (χ1n) is 6.99. The van der Waals surface area contributed by atoms with Gasteiger partial charge in [-0.1, -0.05) is 12.1 Å². The maximum Gasteiger partial charge on any atom is 0.433 e. The van der Waals surface area contributed by atoms with Crippen molar-refractivity contribution >= 4 is 5.91 Å². The van der Waals surface area contributed by atoms with Crippen molar-refractivity contribution in [3.05, 3.63) is 59.4 Å². The zero-order valence-electron chi connectivity index (χ0n) is 12.9. The molecule has 2 aromatic rings. The highest BCUT2D eigenvalue weighted by Crippen LogP contribution is 2.27. The molecule has 1 aromatic heterocycles. The van der Waals surface area contributed by atoms with Gasteiger partial charge in [-0.15, -0.1) is 0 Å². The van der Waals surface area contributed by atoms with Crippen LogP contribution in [0.3, 0.4) is 0 Å². The lowest BCUT2D eigenvalue weighted by molar-refractivity contribution is -0.141. The molecule has 1 aromatic carbocycles. The topological polar surface area (TPSA) is 42.4 Å². The number of pyridine rings is 1. The first-order valence-corrected chi connectivity index (χ1v) is 6.99. The summed E-state index contributed by atoms with van der Waals surface area (Å²) < 4.78 is 65.8. The SMILES string of the molecule is CN(Cc1ccc(OC(F)F)cc1)C(=O)c1ccc(C(F)(F)F)nc1. The lowest BCUT2D eigenvalue weighted by atomic mass is 10.2. The van der Waals surface area contributed by atoms with Gasteiger partial charge in [-0.3, -0.25) is 9.78 Å². The predicted octanol–water partition coefficient (Wildman–Crippen LogP) is 3.97. The number of rotatable bonds is 5. The van der Waals surface area contributed by atoms with Gasteiger partial charge in [-0.05, 0) is 29.8 Å². The lowest BCUT2D eigenvalue weighted by Gasteiger charge is -2.17. The molecule has 0 fully saturated rings. The van der Waals surface area contributed by atoms with E-state index in [9.17, 15) is 26.7 Å². The molecule has 25 heavy (non-hydrogen) atoms. The Hall–Kier alpha value is -2.71. The molecular weight excluding hydrogens is 347 g/mol. The van der Waals surface area contributed by atoms with E-state index in [1.807, 2.05) is 0 Å². The van der Waals surface area contributed by atoms with Gasteiger partial charge in [0.2, 0.25) is 0 Å². The Morgan fingerprint density at radius 3 is 2.28 bits per heavy atom. The number of alkyl halides is 5. The monoisotopic (exact) mass is 360 g/mol. The van der Waals surface area contributed by atoms with Gasteiger partial charge in [0.15, 0.2) is 0 Å². The lowest BCUT2D eigenvalue weighted by Crippen LogP contribution is -2.26. The average molecular weight is 360 g/mol. The van der Waals surface area contributed by atoms with E-state index in [1.54, 1.807) is 0 Å². The van der Waals surface area contributed by atoms with E-state index in [2.05, 4.69) is 9.72 Å². The second-order valence-electron chi connectivity index (χ2n) is 5.11. The first-order chi connectivity index (χ1) is 11.7. The molecule has 2 rings (SSSR count). The third-order valence-corrected chi connectivity index (χ3v) is 3.22. The quantitative estimate of drug-likeness (QED) is 0.758. The van der Waals surface area contributed by atoms with Crippen LogP contribution < -0.4 is 4.74 Å². The van der Waals surface area contributed by atoms with Gasteiger partial charge in [0.05, 0.1) is 5.56 Å². The van der Waals surface area contributed by atoms with Crippen molar-refractivity contribution in [1.29, 1.82) is 0 Å². The molecule has 1 amide bonds. The Kier molecular flexibility index (Phi) is 5.55. The smallest absolute Gasteiger partial charge is 0.433 e. The molecule has 0 saturated carbocycles. The van der Waals surface area contributed by atoms with Crippen molar-refractivity contribution in [2.24, 2.45) is 0 Å². The number of hydrogen-bond acceptors (Lipinski definition) is 3. The van der Waals surface area contributed by atoms with E-state index in [0.29, 0.717) is 5.56 Å². The summed E-state index contributed by atoms with van der Waals surface area (Å²) >= 11 is 0. The Labute approximate surface area is 139 Å². The Morgan fingerprint density at radius 2 is 1.80 bits per heavy atom. The van der Waals surface area contributed by atoms with Gasteiger partial charge < -0.3 is 9.64 Å². The number of carbonyl (C=O) groups is 1. The van der Waals surface area contributed by atoms with E-state index in [0.717, 1.165) is 18.3 Å². The maximum absolute atomic E-state index is 12.5. The maximum atomic E-state index is 12.5. The van der Waals surface area contributed by atoms with Gasteiger partial charge in [0.1, 0.15) is 11.4 Å². The molecule has 0 N–H and O–H groups in total. The summed E-state index contributed by atoms with van der Waals surface area (Å²) in [6.07, 6.45) is -3.71. The van der Waals surface area contributed by atoms with Crippen molar-refractivity contribution in [1.82, 2.24) is 9.88 Å². The van der Waals surface area contributed by atoms with Crippen LogP contribution in [0.2, 0.25) is 0 Å². The Morgan fingerprint density at radius 1 is 1.16 bits per heavy atom. The molecule has 134 valence electrons. The van der Waals surface area contributed by atoms with E-state index < -0.39 is 24.4 Å². The van der Waals surface area contributed by atoms with Crippen molar-refractivity contribution in [2.75, 3.05) is 7.05 Å². The summed E-state index contributed by atoms with van der Waals surface area (Å²) in [5.74, 6) is -0.534. The summed E-state index contributed by atoms with van der Waals surface area (Å²) in [4.78, 5) is 16.7. The zero-order valence-corrected chi connectivity index (χ0v) is 12.9. The summed E-state index contributed by atoms with van der Waals surface area (Å²) in [5, 5.41) is 0. The van der Waals surface area contributed by atoms with Crippen LogP contribution in [0, 0.1) is 0 Å². The minimum Gasteiger partial charge on any atom is -0.435 e. The molecule has 0 saturated heterocycles. The van der Waals surface area contributed by atoms with Crippen LogP contribution in [0.1, 0.15) is 21.6 Å². The number of ether oxygens (including phenoxy) is 1. The predicted molar refractivity (Wildman–Crippen MR) is 78.1 cm³/mol. The minimum absolute atomic E-state index is 0.00755. The number of benzene rings is 1. The number of nitrogens with zero attached hydrogens (tertiary/aromatic N) is 2. The minimum atomic E-state index is -4.57. The molecule has 0 aliphatic heterocycles. The van der Waals surface area contributed by atoms with Crippen molar-refractivity contribution in [3.63, 3.8) is 0 Å². The van der Waals surface area contributed by atoms with Crippen molar-refractivity contribution in [3.8, 4) is 5.75 Å². The van der Waals surface area contributed by atoms with E-state index in [-0.39, 0.29) is 17.9 Å². The highest BCUT2D eigenvalue weighted by molar-refractivity contribution is 5.93. The van der Waals surface area contributed by atoms with Crippen LogP contribution in [0.15, 0.2) is 42.6 Å². The van der Waals surface area contributed by atoms with Crippen LogP contribution >= 0.6 is 0 Å². The van der Waals surface area contributed by atoms with Crippen molar-refractivity contribution < 1.29 is 31.5 Å². The fraction of sp³-hybridized carbons (Fsp3) is 0.250. The van der Waals surface area contributed by atoms with Crippen LogP contribution in [0.25, 0.3) is 0 Å². The third kappa shape index (κ3) is 5.13. The number of carbonyl (C=O) groups excluding carboxylic acids is 1. The van der Waals surface area contributed by atoms with Gasteiger partial charge in [-0.2, -0.15) is 22.0 Å². The molecular formula is C16H13F5N2O2. The van der Waals surface area contributed by atoms with Crippen LogP contribution in [-0.4, -0.2) is 29.5 Å². The van der Waals surface area contributed by atoms with Gasteiger partial charge in [0, 0.05) is 19.8 Å². The largest absolute Gasteiger partial charge is 0.435 e. The van der Waals surface area contributed by atoms with Crippen molar-refractivity contribution in [2.45, 2.75) is 19.3 Å². The van der Waals surface area contributed by atoms with Crippen LogP contribution in [0.4, 0.5) is 22.0 Å². The van der Waals surface area contributed by atoms with Gasteiger partial charge in [-0.25, -0.2) is 0 Å². The Bertz CT molecular complexity index is 715. The summed E-state index contributed by atoms with van der Waals surface area (Å²) in [6, 6.07) is 7.46. The molecule has 0 aliphatic rings. The zero-order chi connectivity index (χ0) is 18.6. The van der Waals surface area contributed by atoms with Crippen LogP contribution in [-0.2, 0) is 12.7 Å². The molecule has 4 nitrogen and oxygen atoms in total. The number of halogens is 5. The fourth-order valence-corrected chi connectivity index (χ4v) is 2.03. The molecule has 9 heteroatoms. The molecule has 0 radical (unpaired) electrons. The van der Waals surface area contributed by atoms with Crippen LogP contribution in [0.5, 0.6) is 5.75 Å². The number of hydrogen-bond donors (Lipinski definition) is 0. The average Bonchev–Trinajstić information content (AvgIpc) is 2.55.